The monoisotopic (exact) mass is 284 g/mol. The Hall–Kier alpha value is -0.650. The van der Waals surface area contributed by atoms with Crippen molar-refractivity contribution in [2.24, 2.45) is 5.92 Å². The number of hydrogen-bond acceptors (Lipinski definition) is 4. The van der Waals surface area contributed by atoms with Crippen molar-refractivity contribution in [3.8, 4) is 0 Å². The third-order valence-electron chi connectivity index (χ3n) is 4.16. The number of carbonyl (C=O) groups is 1. The summed E-state index contributed by atoms with van der Waals surface area (Å²) in [6, 6.07) is 0. The van der Waals surface area contributed by atoms with Crippen LogP contribution in [-0.2, 0) is 14.3 Å². The fourth-order valence-electron chi connectivity index (χ4n) is 2.57. The molecule has 0 unspecified atom stereocenters. The van der Waals surface area contributed by atoms with Crippen LogP contribution >= 0.6 is 0 Å². The maximum atomic E-state index is 12.4. The van der Waals surface area contributed by atoms with E-state index in [0.717, 1.165) is 32.8 Å². The van der Waals surface area contributed by atoms with Gasteiger partial charge in [0.05, 0.1) is 25.2 Å². The van der Waals surface area contributed by atoms with Crippen LogP contribution in [0, 0.1) is 5.92 Å². The van der Waals surface area contributed by atoms with Gasteiger partial charge in [-0.15, -0.1) is 0 Å². The molecule has 2 atom stereocenters. The Labute approximate surface area is 122 Å². The van der Waals surface area contributed by atoms with E-state index in [4.69, 9.17) is 9.47 Å². The molecule has 2 rings (SSSR count). The Morgan fingerprint density at radius 1 is 1.45 bits per heavy atom. The Bertz CT molecular complexity index is 320. The lowest BCUT2D eigenvalue weighted by Gasteiger charge is -2.34. The summed E-state index contributed by atoms with van der Waals surface area (Å²) in [6.45, 7) is 6.20. The molecule has 0 radical (unpaired) electrons. The van der Waals surface area contributed by atoms with Gasteiger partial charge in [-0.2, -0.15) is 0 Å². The third-order valence-corrected chi connectivity index (χ3v) is 4.16. The van der Waals surface area contributed by atoms with Crippen molar-refractivity contribution in [1.82, 2.24) is 9.80 Å². The summed E-state index contributed by atoms with van der Waals surface area (Å²) in [7, 11) is 3.76. The standard InChI is InChI=1S/C15H28N2O3/c1-12(19-3)8-15(18)17(9-13-4-5-13)11-14-10-16(2)6-7-20-14/h12-14H,4-11H2,1-3H3/t12-,14+/m0/s1. The quantitative estimate of drug-likeness (QED) is 0.699. The van der Waals surface area contributed by atoms with Gasteiger partial charge in [-0.05, 0) is 32.7 Å². The van der Waals surface area contributed by atoms with Crippen LogP contribution in [0.3, 0.4) is 0 Å². The van der Waals surface area contributed by atoms with Crippen LogP contribution in [0.1, 0.15) is 26.2 Å². The van der Waals surface area contributed by atoms with Crippen LogP contribution in [-0.4, -0.2) is 74.9 Å². The minimum atomic E-state index is -0.0147. The first-order valence-corrected chi connectivity index (χ1v) is 7.69. The van der Waals surface area contributed by atoms with Crippen LogP contribution < -0.4 is 0 Å². The number of morpholine rings is 1. The van der Waals surface area contributed by atoms with Gasteiger partial charge in [-0.1, -0.05) is 0 Å². The predicted molar refractivity (Wildman–Crippen MR) is 77.6 cm³/mol. The second-order valence-corrected chi connectivity index (χ2v) is 6.25. The maximum Gasteiger partial charge on any atom is 0.225 e. The predicted octanol–water partition coefficient (Wildman–Crippen LogP) is 0.981. The SMILES string of the molecule is CO[C@@H](C)CC(=O)N(CC1CC1)C[C@H]1CN(C)CCO1. The first-order chi connectivity index (χ1) is 9.58. The van der Waals surface area contributed by atoms with Crippen molar-refractivity contribution < 1.29 is 14.3 Å². The molecule has 5 nitrogen and oxygen atoms in total. The van der Waals surface area contributed by atoms with E-state index in [1.165, 1.54) is 12.8 Å². The zero-order valence-electron chi connectivity index (χ0n) is 13.0. The molecule has 0 bridgehead atoms. The summed E-state index contributed by atoms with van der Waals surface area (Å²) in [5, 5.41) is 0. The van der Waals surface area contributed by atoms with Crippen molar-refractivity contribution in [3.05, 3.63) is 0 Å². The van der Waals surface area contributed by atoms with Gasteiger partial charge in [-0.25, -0.2) is 0 Å². The Morgan fingerprint density at radius 2 is 2.20 bits per heavy atom. The van der Waals surface area contributed by atoms with E-state index in [9.17, 15) is 4.79 Å². The lowest BCUT2D eigenvalue weighted by atomic mass is 10.2. The van der Waals surface area contributed by atoms with Crippen molar-refractivity contribution in [3.63, 3.8) is 0 Å². The van der Waals surface area contributed by atoms with Gasteiger partial charge < -0.3 is 19.3 Å². The zero-order chi connectivity index (χ0) is 14.5. The molecule has 5 heteroatoms. The second kappa shape index (κ2) is 7.38. The van der Waals surface area contributed by atoms with Crippen LogP contribution in [0.4, 0.5) is 0 Å². The summed E-state index contributed by atoms with van der Waals surface area (Å²) in [4.78, 5) is 16.7. The molecule has 0 aromatic heterocycles. The second-order valence-electron chi connectivity index (χ2n) is 6.25. The van der Waals surface area contributed by atoms with Crippen LogP contribution in [0.5, 0.6) is 0 Å². The van der Waals surface area contributed by atoms with Gasteiger partial charge in [0, 0.05) is 33.3 Å². The van der Waals surface area contributed by atoms with E-state index < -0.39 is 0 Å². The normalized spacial score (nSPS) is 25.4. The molecule has 0 aromatic rings. The molecule has 0 aromatic carbocycles. The molecular formula is C15H28N2O3. The number of rotatable bonds is 7. The Morgan fingerprint density at radius 3 is 2.80 bits per heavy atom. The van der Waals surface area contributed by atoms with Crippen LogP contribution in [0.2, 0.25) is 0 Å². The van der Waals surface area contributed by atoms with Gasteiger partial charge in [-0.3, -0.25) is 4.79 Å². The van der Waals surface area contributed by atoms with Gasteiger partial charge in [0.15, 0.2) is 0 Å². The number of hydrogen-bond donors (Lipinski definition) is 0. The fraction of sp³-hybridized carbons (Fsp3) is 0.933. The molecule has 2 fully saturated rings. The fourth-order valence-corrected chi connectivity index (χ4v) is 2.57. The number of methoxy groups -OCH3 is 1. The number of ether oxygens (including phenoxy) is 2. The van der Waals surface area contributed by atoms with Gasteiger partial charge in [0.2, 0.25) is 5.91 Å². The number of carbonyl (C=O) groups excluding carboxylic acids is 1. The Balaban J connectivity index is 1.86. The molecule has 20 heavy (non-hydrogen) atoms. The van der Waals surface area contributed by atoms with E-state index in [1.807, 2.05) is 11.8 Å². The van der Waals surface area contributed by atoms with Crippen molar-refractivity contribution in [2.75, 3.05) is 46.9 Å². The van der Waals surface area contributed by atoms with Crippen molar-refractivity contribution in [1.29, 1.82) is 0 Å². The molecule has 0 N–H and O–H groups in total. The number of amides is 1. The zero-order valence-corrected chi connectivity index (χ0v) is 13.0. The molecule has 1 amide bonds. The third kappa shape index (κ3) is 5.04. The van der Waals surface area contributed by atoms with Gasteiger partial charge in [0.1, 0.15) is 0 Å². The number of likely N-dealkylation sites (N-methyl/N-ethyl adjacent to an activating group) is 1. The maximum absolute atomic E-state index is 12.4. The highest BCUT2D eigenvalue weighted by atomic mass is 16.5. The molecule has 1 saturated carbocycles. The average molecular weight is 284 g/mol. The number of nitrogens with zero attached hydrogens (tertiary/aromatic N) is 2. The molecule has 1 aliphatic carbocycles. The van der Waals surface area contributed by atoms with E-state index in [0.29, 0.717) is 12.3 Å². The van der Waals surface area contributed by atoms with Crippen molar-refractivity contribution in [2.45, 2.75) is 38.4 Å². The van der Waals surface area contributed by atoms with Gasteiger partial charge in [0.25, 0.3) is 0 Å². The lowest BCUT2D eigenvalue weighted by molar-refractivity contribution is -0.137. The highest BCUT2D eigenvalue weighted by Gasteiger charge is 2.30. The molecule has 116 valence electrons. The minimum Gasteiger partial charge on any atom is -0.381 e. The van der Waals surface area contributed by atoms with Crippen LogP contribution in [0.15, 0.2) is 0 Å². The molecule has 0 spiro atoms. The summed E-state index contributed by atoms with van der Waals surface area (Å²) in [6.07, 6.45) is 3.11. The molecule has 2 aliphatic rings. The van der Waals surface area contributed by atoms with E-state index in [1.54, 1.807) is 7.11 Å². The lowest BCUT2D eigenvalue weighted by Crippen LogP contribution is -2.48. The molecular weight excluding hydrogens is 256 g/mol. The highest BCUT2D eigenvalue weighted by molar-refractivity contribution is 5.76. The first kappa shape index (κ1) is 15.7. The Kier molecular flexibility index (Phi) is 5.81. The smallest absolute Gasteiger partial charge is 0.225 e. The highest BCUT2D eigenvalue weighted by Crippen LogP contribution is 2.30. The minimum absolute atomic E-state index is 0.0147. The largest absolute Gasteiger partial charge is 0.381 e. The van der Waals surface area contributed by atoms with Crippen molar-refractivity contribution >= 4 is 5.91 Å². The summed E-state index contributed by atoms with van der Waals surface area (Å²) >= 11 is 0. The van der Waals surface area contributed by atoms with E-state index in [2.05, 4.69) is 11.9 Å². The molecule has 1 saturated heterocycles. The molecule has 1 aliphatic heterocycles. The van der Waals surface area contributed by atoms with Gasteiger partial charge >= 0.3 is 0 Å². The first-order valence-electron chi connectivity index (χ1n) is 7.69. The molecule has 1 heterocycles. The van der Waals surface area contributed by atoms with E-state index in [-0.39, 0.29) is 18.1 Å². The summed E-state index contributed by atoms with van der Waals surface area (Å²) < 4.78 is 11.0. The summed E-state index contributed by atoms with van der Waals surface area (Å²) in [5.41, 5.74) is 0. The van der Waals surface area contributed by atoms with E-state index >= 15 is 0 Å². The summed E-state index contributed by atoms with van der Waals surface area (Å²) in [5.74, 6) is 0.904. The topological polar surface area (TPSA) is 42.0 Å². The average Bonchev–Trinajstić information content (AvgIpc) is 3.22. The van der Waals surface area contributed by atoms with Crippen LogP contribution in [0.25, 0.3) is 0 Å².